The van der Waals surface area contributed by atoms with Gasteiger partial charge in [0.25, 0.3) is 0 Å². The quantitative estimate of drug-likeness (QED) is 0.199. The van der Waals surface area contributed by atoms with Crippen molar-refractivity contribution < 1.29 is 0 Å². The lowest BCUT2D eigenvalue weighted by molar-refractivity contribution is 1.27. The molecular weight excluding hydrogens is 529 g/mol. The summed E-state index contributed by atoms with van der Waals surface area (Å²) in [5.41, 5.74) is 9.58. The monoisotopic (exact) mass is 552 g/mol. The van der Waals surface area contributed by atoms with Gasteiger partial charge >= 0.3 is 0 Å². The van der Waals surface area contributed by atoms with Gasteiger partial charge in [-0.25, -0.2) is 4.98 Å². The Hall–Kier alpha value is -5.25. The van der Waals surface area contributed by atoms with Crippen LogP contribution in [0.2, 0.25) is 0 Å². The van der Waals surface area contributed by atoms with Crippen LogP contribution in [0.3, 0.4) is 0 Å². The van der Waals surface area contributed by atoms with Crippen LogP contribution in [-0.4, -0.2) is 9.38 Å². The Bertz CT molecular complexity index is 2460. The van der Waals surface area contributed by atoms with Gasteiger partial charge in [0.1, 0.15) is 5.65 Å². The molecule has 0 aliphatic heterocycles. The van der Waals surface area contributed by atoms with Crippen LogP contribution in [0.15, 0.2) is 146 Å². The smallest absolute Gasteiger partial charge is 0.145 e. The Balaban J connectivity index is 1.11. The summed E-state index contributed by atoms with van der Waals surface area (Å²) in [7, 11) is 0. The molecule has 0 radical (unpaired) electrons. The van der Waals surface area contributed by atoms with E-state index in [0.29, 0.717) is 0 Å². The van der Waals surface area contributed by atoms with E-state index in [0.717, 1.165) is 5.65 Å². The molecule has 0 amide bonds. The highest BCUT2D eigenvalue weighted by atomic mass is 32.1. The first-order chi connectivity index (χ1) is 20.8. The summed E-state index contributed by atoms with van der Waals surface area (Å²) < 4.78 is 4.88. The Morgan fingerprint density at radius 2 is 1.14 bits per heavy atom. The van der Waals surface area contributed by atoms with Crippen LogP contribution in [0, 0.1) is 0 Å². The van der Waals surface area contributed by atoms with Crippen LogP contribution in [0.25, 0.3) is 80.9 Å². The highest BCUT2D eigenvalue weighted by molar-refractivity contribution is 7.26. The first-order valence-electron chi connectivity index (χ1n) is 14.2. The predicted octanol–water partition coefficient (Wildman–Crippen LogP) is 11.0. The Morgan fingerprint density at radius 1 is 0.476 bits per heavy atom. The van der Waals surface area contributed by atoms with Crippen molar-refractivity contribution in [1.82, 2.24) is 9.38 Å². The lowest BCUT2D eigenvalue weighted by Crippen LogP contribution is -1.91. The van der Waals surface area contributed by atoms with E-state index in [-0.39, 0.29) is 0 Å². The van der Waals surface area contributed by atoms with Crippen molar-refractivity contribution in [3.05, 3.63) is 146 Å². The molecule has 3 heterocycles. The number of aromatic nitrogens is 2. The van der Waals surface area contributed by atoms with E-state index in [4.69, 9.17) is 0 Å². The standard InChI is InChI=1S/C39H24N2S/c1-2-11-34-31(9-1)35-24-28(19-20-36(35)41-22-21-40-39(34)41)26-17-15-25(16-18-26)27-7-5-8-29(23-27)30-12-6-13-33-32-10-3-4-14-37(32)42-38(30)33/h1-24H. The third-order valence-electron chi connectivity index (χ3n) is 8.48. The molecule has 42 heavy (non-hydrogen) atoms. The van der Waals surface area contributed by atoms with Crippen LogP contribution in [0.1, 0.15) is 0 Å². The maximum atomic E-state index is 4.63. The third-order valence-corrected chi connectivity index (χ3v) is 9.70. The van der Waals surface area contributed by atoms with E-state index >= 15 is 0 Å². The molecule has 0 N–H and O–H groups in total. The summed E-state index contributed by atoms with van der Waals surface area (Å²) in [4.78, 5) is 4.63. The largest absolute Gasteiger partial charge is 0.299 e. The fourth-order valence-corrected chi connectivity index (χ4v) is 7.69. The molecule has 0 aliphatic rings. The summed E-state index contributed by atoms with van der Waals surface area (Å²) in [6.07, 6.45) is 3.93. The van der Waals surface area contributed by atoms with Gasteiger partial charge in [0, 0.05) is 43.3 Å². The Morgan fingerprint density at radius 3 is 2.00 bits per heavy atom. The second kappa shape index (κ2) is 9.13. The molecule has 2 nitrogen and oxygen atoms in total. The first kappa shape index (κ1) is 23.5. The summed E-state index contributed by atoms with van der Waals surface area (Å²) in [5, 5.41) is 6.31. The normalized spacial score (nSPS) is 11.8. The van der Waals surface area contributed by atoms with Crippen LogP contribution >= 0.6 is 11.3 Å². The average molecular weight is 553 g/mol. The fraction of sp³-hybridized carbons (Fsp3) is 0. The summed E-state index contributed by atoms with van der Waals surface area (Å²) in [6, 6.07) is 48.6. The molecule has 0 bridgehead atoms. The lowest BCUT2D eigenvalue weighted by atomic mass is 9.95. The molecule has 3 heteroatoms. The molecule has 0 fully saturated rings. The number of hydrogen-bond donors (Lipinski definition) is 0. The van der Waals surface area contributed by atoms with E-state index in [1.807, 2.05) is 23.7 Å². The van der Waals surface area contributed by atoms with Gasteiger partial charge < -0.3 is 0 Å². The minimum atomic E-state index is 1.00. The fourth-order valence-electron chi connectivity index (χ4n) is 6.45. The second-order valence-corrected chi connectivity index (χ2v) is 11.9. The zero-order chi connectivity index (χ0) is 27.6. The van der Waals surface area contributed by atoms with Gasteiger partial charge in [-0.2, -0.15) is 0 Å². The maximum absolute atomic E-state index is 4.63. The number of fused-ring (bicyclic) bond motifs is 9. The van der Waals surface area contributed by atoms with Crippen LogP contribution in [-0.2, 0) is 0 Å². The number of benzene rings is 6. The van der Waals surface area contributed by atoms with Crippen molar-refractivity contribution in [2.24, 2.45) is 0 Å². The maximum Gasteiger partial charge on any atom is 0.145 e. The molecule has 0 saturated carbocycles. The van der Waals surface area contributed by atoms with Crippen LogP contribution in [0.4, 0.5) is 0 Å². The van der Waals surface area contributed by atoms with Gasteiger partial charge in [0.05, 0.1) is 5.52 Å². The van der Waals surface area contributed by atoms with E-state index in [9.17, 15) is 0 Å². The van der Waals surface area contributed by atoms with Crippen molar-refractivity contribution in [2.75, 3.05) is 0 Å². The lowest BCUT2D eigenvalue weighted by Gasteiger charge is -2.11. The summed E-state index contributed by atoms with van der Waals surface area (Å²) in [6.45, 7) is 0. The number of thiophene rings is 1. The zero-order valence-electron chi connectivity index (χ0n) is 22.7. The number of hydrogen-bond acceptors (Lipinski definition) is 2. The van der Waals surface area contributed by atoms with Gasteiger partial charge in [-0.3, -0.25) is 4.40 Å². The molecule has 9 aromatic rings. The molecule has 0 aliphatic carbocycles. The summed E-state index contributed by atoms with van der Waals surface area (Å²) in [5.74, 6) is 0. The van der Waals surface area contributed by atoms with Gasteiger partial charge in [0.15, 0.2) is 0 Å². The minimum Gasteiger partial charge on any atom is -0.299 e. The first-order valence-corrected chi connectivity index (χ1v) is 15.0. The average Bonchev–Trinajstić information content (AvgIpc) is 3.71. The number of pyridine rings is 1. The van der Waals surface area contributed by atoms with Gasteiger partial charge in [0.2, 0.25) is 0 Å². The molecule has 6 aromatic carbocycles. The SMILES string of the molecule is c1cc(-c2ccc(-c3ccc4c(c3)c3ccccc3c3nccn43)cc2)cc(-c2cccc3c2sc2ccccc23)c1. The van der Waals surface area contributed by atoms with E-state index in [1.165, 1.54) is 75.2 Å². The summed E-state index contributed by atoms with van der Waals surface area (Å²) >= 11 is 1.88. The molecule has 0 spiro atoms. The molecule has 196 valence electrons. The van der Waals surface area contributed by atoms with E-state index in [2.05, 4.69) is 143 Å². The topological polar surface area (TPSA) is 17.3 Å². The molecule has 3 aromatic heterocycles. The highest BCUT2D eigenvalue weighted by Crippen LogP contribution is 2.40. The number of rotatable bonds is 3. The van der Waals surface area contributed by atoms with Gasteiger partial charge in [-0.1, -0.05) is 109 Å². The molecule has 0 saturated heterocycles. The van der Waals surface area contributed by atoms with Crippen molar-refractivity contribution in [1.29, 1.82) is 0 Å². The van der Waals surface area contributed by atoms with Crippen molar-refractivity contribution in [3.8, 4) is 33.4 Å². The van der Waals surface area contributed by atoms with Crippen molar-refractivity contribution >= 4 is 58.8 Å². The molecular formula is C39H24N2S. The third kappa shape index (κ3) is 3.54. The van der Waals surface area contributed by atoms with Crippen LogP contribution in [0.5, 0.6) is 0 Å². The van der Waals surface area contributed by atoms with Crippen LogP contribution < -0.4 is 0 Å². The van der Waals surface area contributed by atoms with Gasteiger partial charge in [-0.15, -0.1) is 11.3 Å². The minimum absolute atomic E-state index is 1.00. The molecule has 9 rings (SSSR count). The second-order valence-electron chi connectivity index (χ2n) is 10.8. The number of imidazole rings is 1. The number of nitrogens with zero attached hydrogens (tertiary/aromatic N) is 2. The van der Waals surface area contributed by atoms with Crippen molar-refractivity contribution in [3.63, 3.8) is 0 Å². The highest BCUT2D eigenvalue weighted by Gasteiger charge is 2.12. The molecule has 0 atom stereocenters. The van der Waals surface area contributed by atoms with Gasteiger partial charge in [-0.05, 0) is 63.0 Å². The molecule has 0 unspecified atom stereocenters. The Kier molecular flexibility index (Phi) is 5.10. The predicted molar refractivity (Wildman–Crippen MR) is 179 cm³/mol. The van der Waals surface area contributed by atoms with E-state index in [1.54, 1.807) is 0 Å². The zero-order valence-corrected chi connectivity index (χ0v) is 23.5. The Labute approximate surface area is 246 Å². The van der Waals surface area contributed by atoms with Crippen molar-refractivity contribution in [2.45, 2.75) is 0 Å². The van der Waals surface area contributed by atoms with E-state index < -0.39 is 0 Å².